The molecule has 4 unspecified atom stereocenters. The molecule has 5 heteroatoms. The van der Waals surface area contributed by atoms with Crippen molar-refractivity contribution in [1.29, 1.82) is 0 Å². The van der Waals surface area contributed by atoms with E-state index in [-0.39, 0.29) is 18.0 Å². The Morgan fingerprint density at radius 2 is 2.28 bits per heavy atom. The summed E-state index contributed by atoms with van der Waals surface area (Å²) in [7, 11) is 0. The zero-order chi connectivity index (χ0) is 13.1. The molecule has 0 saturated carbocycles. The molecule has 0 spiro atoms. The summed E-state index contributed by atoms with van der Waals surface area (Å²) in [4.78, 5) is 13.8. The standard InChI is InChI=1S/C13H24N2O3/c1-9-3-5-15(7-12(9)16)13(17)14-10(2)11-4-6-18-8-11/h9-12,16H,3-8H2,1-2H3,(H,14,17). The molecule has 2 amide bonds. The normalized spacial score (nSPS) is 34.4. The summed E-state index contributed by atoms with van der Waals surface area (Å²) in [5.41, 5.74) is 0. The van der Waals surface area contributed by atoms with Gasteiger partial charge in [-0.15, -0.1) is 0 Å². The van der Waals surface area contributed by atoms with Crippen molar-refractivity contribution in [3.8, 4) is 0 Å². The van der Waals surface area contributed by atoms with Crippen LogP contribution in [0.25, 0.3) is 0 Å². The first kappa shape index (κ1) is 13.6. The first-order valence-electron chi connectivity index (χ1n) is 6.89. The van der Waals surface area contributed by atoms with Gasteiger partial charge in [0, 0.05) is 31.7 Å². The van der Waals surface area contributed by atoms with Gasteiger partial charge in [0.2, 0.25) is 0 Å². The fourth-order valence-corrected chi connectivity index (χ4v) is 2.58. The summed E-state index contributed by atoms with van der Waals surface area (Å²) in [5, 5.41) is 12.8. The van der Waals surface area contributed by atoms with Gasteiger partial charge in [-0.3, -0.25) is 0 Å². The SMILES string of the molecule is CC1CCN(C(=O)NC(C)C2CCOC2)CC1O. The fourth-order valence-electron chi connectivity index (χ4n) is 2.58. The van der Waals surface area contributed by atoms with Crippen LogP contribution >= 0.6 is 0 Å². The lowest BCUT2D eigenvalue weighted by Crippen LogP contribution is -2.52. The number of carbonyl (C=O) groups excluding carboxylic acids is 1. The van der Waals surface area contributed by atoms with Crippen LogP contribution in [0.4, 0.5) is 4.79 Å². The number of likely N-dealkylation sites (tertiary alicyclic amines) is 1. The Balaban J connectivity index is 1.80. The maximum Gasteiger partial charge on any atom is 0.317 e. The van der Waals surface area contributed by atoms with Crippen LogP contribution < -0.4 is 5.32 Å². The molecule has 2 fully saturated rings. The number of rotatable bonds is 2. The molecule has 104 valence electrons. The number of nitrogens with zero attached hydrogens (tertiary/aromatic N) is 1. The molecule has 2 N–H and O–H groups in total. The van der Waals surface area contributed by atoms with Crippen LogP contribution in [-0.2, 0) is 4.74 Å². The van der Waals surface area contributed by atoms with Gasteiger partial charge in [-0.1, -0.05) is 6.92 Å². The fraction of sp³-hybridized carbons (Fsp3) is 0.923. The molecule has 18 heavy (non-hydrogen) atoms. The van der Waals surface area contributed by atoms with E-state index in [4.69, 9.17) is 4.74 Å². The number of piperidine rings is 1. The largest absolute Gasteiger partial charge is 0.391 e. The summed E-state index contributed by atoms with van der Waals surface area (Å²) in [6.07, 6.45) is 1.49. The van der Waals surface area contributed by atoms with Crippen molar-refractivity contribution >= 4 is 6.03 Å². The summed E-state index contributed by atoms with van der Waals surface area (Å²) >= 11 is 0. The van der Waals surface area contributed by atoms with E-state index in [9.17, 15) is 9.90 Å². The smallest absolute Gasteiger partial charge is 0.317 e. The number of aliphatic hydroxyl groups excluding tert-OH is 1. The predicted octanol–water partition coefficient (Wildman–Crippen LogP) is 0.824. The molecule has 2 aliphatic heterocycles. The van der Waals surface area contributed by atoms with Crippen LogP contribution in [-0.4, -0.2) is 54.5 Å². The molecular weight excluding hydrogens is 232 g/mol. The Bertz CT molecular complexity index is 292. The van der Waals surface area contributed by atoms with E-state index >= 15 is 0 Å². The van der Waals surface area contributed by atoms with E-state index in [1.807, 2.05) is 13.8 Å². The zero-order valence-electron chi connectivity index (χ0n) is 11.3. The second-order valence-corrected chi connectivity index (χ2v) is 5.64. The number of aliphatic hydroxyl groups is 1. The van der Waals surface area contributed by atoms with E-state index in [2.05, 4.69) is 5.32 Å². The quantitative estimate of drug-likeness (QED) is 0.769. The maximum absolute atomic E-state index is 12.1. The highest BCUT2D eigenvalue weighted by molar-refractivity contribution is 5.74. The van der Waals surface area contributed by atoms with Crippen LogP contribution in [0.5, 0.6) is 0 Å². The Morgan fingerprint density at radius 3 is 2.89 bits per heavy atom. The average Bonchev–Trinajstić information content (AvgIpc) is 2.86. The first-order chi connectivity index (χ1) is 8.58. The van der Waals surface area contributed by atoms with Crippen LogP contribution in [0.2, 0.25) is 0 Å². The molecular formula is C13H24N2O3. The van der Waals surface area contributed by atoms with Gasteiger partial charge in [0.25, 0.3) is 0 Å². The third kappa shape index (κ3) is 3.14. The number of hydrogen-bond acceptors (Lipinski definition) is 3. The van der Waals surface area contributed by atoms with Crippen LogP contribution in [0.15, 0.2) is 0 Å². The lowest BCUT2D eigenvalue weighted by Gasteiger charge is -2.35. The topological polar surface area (TPSA) is 61.8 Å². The number of β-amino-alcohol motifs (C(OH)–C–C–N with tert-alkyl or cyclic N) is 1. The molecule has 0 aliphatic carbocycles. The summed E-state index contributed by atoms with van der Waals surface area (Å²) in [6.45, 7) is 6.77. The van der Waals surface area contributed by atoms with E-state index in [1.165, 1.54) is 0 Å². The molecule has 2 saturated heterocycles. The van der Waals surface area contributed by atoms with Crippen molar-refractivity contribution < 1.29 is 14.6 Å². The average molecular weight is 256 g/mol. The van der Waals surface area contributed by atoms with Gasteiger partial charge in [0.05, 0.1) is 12.7 Å². The molecule has 4 atom stereocenters. The van der Waals surface area contributed by atoms with Gasteiger partial charge in [-0.05, 0) is 25.7 Å². The Hall–Kier alpha value is -0.810. The predicted molar refractivity (Wildman–Crippen MR) is 68.3 cm³/mol. The lowest BCUT2D eigenvalue weighted by atomic mass is 9.96. The third-order valence-electron chi connectivity index (χ3n) is 4.23. The molecule has 2 aliphatic rings. The number of nitrogens with one attached hydrogen (secondary N) is 1. The first-order valence-corrected chi connectivity index (χ1v) is 6.89. The molecule has 0 aromatic heterocycles. The van der Waals surface area contributed by atoms with E-state index in [0.717, 1.165) is 32.6 Å². The zero-order valence-corrected chi connectivity index (χ0v) is 11.3. The molecule has 5 nitrogen and oxygen atoms in total. The second-order valence-electron chi connectivity index (χ2n) is 5.64. The van der Waals surface area contributed by atoms with E-state index < -0.39 is 6.10 Å². The van der Waals surface area contributed by atoms with Crippen molar-refractivity contribution in [3.05, 3.63) is 0 Å². The lowest BCUT2D eigenvalue weighted by molar-refractivity contribution is 0.0426. The highest BCUT2D eigenvalue weighted by atomic mass is 16.5. The monoisotopic (exact) mass is 256 g/mol. The van der Waals surface area contributed by atoms with E-state index in [0.29, 0.717) is 12.5 Å². The van der Waals surface area contributed by atoms with Gasteiger partial charge in [0.15, 0.2) is 0 Å². The highest BCUT2D eigenvalue weighted by Gasteiger charge is 2.29. The van der Waals surface area contributed by atoms with E-state index in [1.54, 1.807) is 4.90 Å². The third-order valence-corrected chi connectivity index (χ3v) is 4.23. The Labute approximate surface area is 108 Å². The number of ether oxygens (including phenoxy) is 1. The van der Waals surface area contributed by atoms with Crippen LogP contribution in [0.1, 0.15) is 26.7 Å². The number of carbonyl (C=O) groups is 1. The molecule has 2 rings (SSSR count). The number of urea groups is 1. The summed E-state index contributed by atoms with van der Waals surface area (Å²) < 4.78 is 5.33. The number of amides is 2. The van der Waals surface area contributed by atoms with Crippen molar-refractivity contribution in [2.45, 2.75) is 38.8 Å². The van der Waals surface area contributed by atoms with Gasteiger partial charge in [-0.2, -0.15) is 0 Å². The van der Waals surface area contributed by atoms with Gasteiger partial charge >= 0.3 is 6.03 Å². The summed E-state index contributed by atoms with van der Waals surface area (Å²) in [5.74, 6) is 0.706. The number of hydrogen-bond donors (Lipinski definition) is 2. The second kappa shape index (κ2) is 5.89. The summed E-state index contributed by atoms with van der Waals surface area (Å²) in [6, 6.07) is 0.0804. The maximum atomic E-state index is 12.1. The molecule has 0 aromatic carbocycles. The van der Waals surface area contributed by atoms with Crippen molar-refractivity contribution in [2.24, 2.45) is 11.8 Å². The highest BCUT2D eigenvalue weighted by Crippen LogP contribution is 2.19. The molecule has 0 bridgehead atoms. The molecule has 0 aromatic rings. The van der Waals surface area contributed by atoms with Gasteiger partial charge in [-0.25, -0.2) is 4.79 Å². The van der Waals surface area contributed by atoms with Crippen molar-refractivity contribution in [1.82, 2.24) is 10.2 Å². The Morgan fingerprint density at radius 1 is 1.50 bits per heavy atom. The Kier molecular flexibility index (Phi) is 4.45. The van der Waals surface area contributed by atoms with Crippen molar-refractivity contribution in [2.75, 3.05) is 26.3 Å². The minimum Gasteiger partial charge on any atom is -0.391 e. The van der Waals surface area contributed by atoms with Crippen molar-refractivity contribution in [3.63, 3.8) is 0 Å². The van der Waals surface area contributed by atoms with Gasteiger partial charge in [0.1, 0.15) is 0 Å². The molecule has 2 heterocycles. The molecule has 0 radical (unpaired) electrons. The minimum absolute atomic E-state index is 0.0552. The van der Waals surface area contributed by atoms with Crippen LogP contribution in [0.3, 0.4) is 0 Å². The van der Waals surface area contributed by atoms with Gasteiger partial charge < -0.3 is 20.1 Å². The minimum atomic E-state index is -0.394. The van der Waals surface area contributed by atoms with Crippen LogP contribution in [0, 0.1) is 11.8 Å².